The predicted octanol–water partition coefficient (Wildman–Crippen LogP) is 2.78. The van der Waals surface area contributed by atoms with Gasteiger partial charge in [0, 0.05) is 18.8 Å². The number of benzene rings is 1. The van der Waals surface area contributed by atoms with Gasteiger partial charge in [-0.1, -0.05) is 12.1 Å². The van der Waals surface area contributed by atoms with Crippen LogP contribution in [-0.2, 0) is 7.05 Å². The Morgan fingerprint density at radius 1 is 1.10 bits per heavy atom. The van der Waals surface area contributed by atoms with Gasteiger partial charge in [0.25, 0.3) is 0 Å². The molecule has 2 N–H and O–H groups in total. The summed E-state index contributed by atoms with van der Waals surface area (Å²) in [5.74, 6) is 1.64. The molecule has 0 atom stereocenters. The van der Waals surface area contributed by atoms with Crippen molar-refractivity contribution in [2.45, 2.75) is 6.92 Å². The summed E-state index contributed by atoms with van der Waals surface area (Å²) in [7, 11) is 2.02. The lowest BCUT2D eigenvalue weighted by Gasteiger charge is -2.00. The second-order valence-corrected chi connectivity index (χ2v) is 5.20. The summed E-state index contributed by atoms with van der Waals surface area (Å²) in [5, 5.41) is 0. The van der Waals surface area contributed by atoms with Crippen LogP contribution in [0.15, 0.2) is 42.6 Å². The van der Waals surface area contributed by atoms with Gasteiger partial charge in [-0.3, -0.25) is 4.40 Å². The van der Waals surface area contributed by atoms with E-state index in [2.05, 4.69) is 20.6 Å². The van der Waals surface area contributed by atoms with E-state index >= 15 is 0 Å². The van der Waals surface area contributed by atoms with E-state index in [1.54, 1.807) is 0 Å². The minimum Gasteiger partial charge on any atom is -0.383 e. The van der Waals surface area contributed by atoms with Crippen molar-refractivity contribution < 1.29 is 0 Å². The maximum Gasteiger partial charge on any atom is 0.139 e. The summed E-state index contributed by atoms with van der Waals surface area (Å²) in [4.78, 5) is 9.19. The lowest BCUT2D eigenvalue weighted by atomic mass is 10.1. The third kappa shape index (κ3) is 1.64. The molecule has 21 heavy (non-hydrogen) atoms. The average Bonchev–Trinajstić information content (AvgIpc) is 2.98. The third-order valence-electron chi connectivity index (χ3n) is 3.94. The van der Waals surface area contributed by atoms with E-state index in [1.807, 2.05) is 54.9 Å². The van der Waals surface area contributed by atoms with Gasteiger partial charge in [-0.05, 0) is 31.2 Å². The molecule has 3 aromatic heterocycles. The number of hydrogen-bond donors (Lipinski definition) is 1. The van der Waals surface area contributed by atoms with Crippen LogP contribution < -0.4 is 5.73 Å². The molecular weight excluding hydrogens is 262 g/mol. The highest BCUT2D eigenvalue weighted by atomic mass is 15.1. The Kier molecular flexibility index (Phi) is 2.33. The molecule has 0 saturated carbocycles. The van der Waals surface area contributed by atoms with E-state index in [4.69, 9.17) is 5.73 Å². The van der Waals surface area contributed by atoms with E-state index < -0.39 is 0 Å². The van der Waals surface area contributed by atoms with E-state index in [0.717, 1.165) is 33.8 Å². The van der Waals surface area contributed by atoms with Crippen molar-refractivity contribution in [2.24, 2.45) is 7.05 Å². The molecule has 0 aliphatic rings. The van der Waals surface area contributed by atoms with Crippen LogP contribution in [0.1, 0.15) is 5.82 Å². The number of pyridine rings is 1. The van der Waals surface area contributed by atoms with Crippen LogP contribution in [0, 0.1) is 6.92 Å². The van der Waals surface area contributed by atoms with Crippen molar-refractivity contribution in [1.82, 2.24) is 18.9 Å². The number of nitrogens with zero attached hydrogens (tertiary/aromatic N) is 4. The van der Waals surface area contributed by atoms with Crippen LogP contribution >= 0.6 is 0 Å². The Labute approximate surface area is 121 Å². The number of anilines is 1. The highest BCUT2D eigenvalue weighted by molar-refractivity contribution is 5.85. The van der Waals surface area contributed by atoms with Gasteiger partial charge in [-0.15, -0.1) is 0 Å². The number of rotatable bonds is 1. The molecular formula is C16H15N5. The minimum absolute atomic E-state index is 0.651. The van der Waals surface area contributed by atoms with Crippen LogP contribution in [-0.4, -0.2) is 18.9 Å². The van der Waals surface area contributed by atoms with Gasteiger partial charge < -0.3 is 10.3 Å². The smallest absolute Gasteiger partial charge is 0.139 e. The average molecular weight is 277 g/mol. The summed E-state index contributed by atoms with van der Waals surface area (Å²) in [5.41, 5.74) is 10.9. The van der Waals surface area contributed by atoms with Crippen LogP contribution in [0.4, 0.5) is 5.82 Å². The standard InChI is InChI=1S/C16H15N5/c1-10-18-12-9-11(6-7-13(12)20(10)2)15-16(17)21-8-4-3-5-14(21)19-15/h3-9H,17H2,1-2H3. The maximum absolute atomic E-state index is 6.23. The highest BCUT2D eigenvalue weighted by Crippen LogP contribution is 2.28. The Morgan fingerprint density at radius 2 is 1.95 bits per heavy atom. The fourth-order valence-corrected chi connectivity index (χ4v) is 2.69. The monoisotopic (exact) mass is 277 g/mol. The first kappa shape index (κ1) is 12.0. The first-order valence-corrected chi connectivity index (χ1v) is 6.81. The Hall–Kier alpha value is -2.82. The number of hydrogen-bond acceptors (Lipinski definition) is 3. The molecule has 4 rings (SSSR count). The molecule has 3 heterocycles. The van der Waals surface area contributed by atoms with Crippen molar-refractivity contribution in [1.29, 1.82) is 0 Å². The van der Waals surface area contributed by atoms with Gasteiger partial charge in [0.15, 0.2) is 0 Å². The molecule has 0 fully saturated rings. The summed E-state index contributed by atoms with van der Waals surface area (Å²) in [6.45, 7) is 2.00. The van der Waals surface area contributed by atoms with Gasteiger partial charge in [0.2, 0.25) is 0 Å². The lowest BCUT2D eigenvalue weighted by Crippen LogP contribution is -1.93. The topological polar surface area (TPSA) is 61.1 Å². The molecule has 0 spiro atoms. The molecule has 0 radical (unpaired) electrons. The molecule has 0 saturated heterocycles. The van der Waals surface area contributed by atoms with E-state index in [1.165, 1.54) is 0 Å². The van der Waals surface area contributed by atoms with Gasteiger partial charge >= 0.3 is 0 Å². The first-order chi connectivity index (χ1) is 10.1. The molecule has 0 aliphatic carbocycles. The van der Waals surface area contributed by atoms with E-state index in [-0.39, 0.29) is 0 Å². The van der Waals surface area contributed by atoms with Crippen LogP contribution in [0.2, 0.25) is 0 Å². The SMILES string of the molecule is Cc1nc2cc(-c3nc4ccccn4c3N)ccc2n1C. The Morgan fingerprint density at radius 3 is 2.76 bits per heavy atom. The van der Waals surface area contributed by atoms with Crippen molar-refractivity contribution in [3.05, 3.63) is 48.4 Å². The fourth-order valence-electron chi connectivity index (χ4n) is 2.69. The number of fused-ring (bicyclic) bond motifs is 2. The molecule has 0 bridgehead atoms. The zero-order valence-electron chi connectivity index (χ0n) is 11.9. The van der Waals surface area contributed by atoms with Gasteiger partial charge in [0.05, 0.1) is 11.0 Å². The Bertz CT molecular complexity index is 977. The number of imidazole rings is 2. The van der Waals surface area contributed by atoms with Crippen LogP contribution in [0.3, 0.4) is 0 Å². The summed E-state index contributed by atoms with van der Waals surface area (Å²) < 4.78 is 3.97. The third-order valence-corrected chi connectivity index (χ3v) is 3.94. The number of aromatic nitrogens is 4. The van der Waals surface area contributed by atoms with Crippen molar-refractivity contribution in [3.8, 4) is 11.3 Å². The largest absolute Gasteiger partial charge is 0.383 e. The Balaban J connectivity index is 1.97. The predicted molar refractivity (Wildman–Crippen MR) is 84.0 cm³/mol. The van der Waals surface area contributed by atoms with Crippen LogP contribution in [0.25, 0.3) is 27.9 Å². The molecule has 1 aromatic carbocycles. The summed E-state index contributed by atoms with van der Waals surface area (Å²) in [6, 6.07) is 12.0. The molecule has 0 unspecified atom stereocenters. The highest BCUT2D eigenvalue weighted by Gasteiger charge is 2.12. The molecule has 0 aliphatic heterocycles. The lowest BCUT2D eigenvalue weighted by molar-refractivity contribution is 0.886. The number of aryl methyl sites for hydroxylation is 2. The maximum atomic E-state index is 6.23. The van der Waals surface area contributed by atoms with Crippen molar-refractivity contribution in [3.63, 3.8) is 0 Å². The van der Waals surface area contributed by atoms with Gasteiger partial charge in [0.1, 0.15) is 23.0 Å². The zero-order chi connectivity index (χ0) is 14.6. The second kappa shape index (κ2) is 4.09. The molecule has 5 heteroatoms. The van der Waals surface area contributed by atoms with Gasteiger partial charge in [-0.25, -0.2) is 9.97 Å². The summed E-state index contributed by atoms with van der Waals surface area (Å²) >= 11 is 0. The van der Waals surface area contributed by atoms with E-state index in [0.29, 0.717) is 5.82 Å². The number of nitrogens with two attached hydrogens (primary N) is 1. The quantitative estimate of drug-likeness (QED) is 0.582. The van der Waals surface area contributed by atoms with Crippen molar-refractivity contribution in [2.75, 3.05) is 5.73 Å². The summed E-state index contributed by atoms with van der Waals surface area (Å²) in [6.07, 6.45) is 1.92. The van der Waals surface area contributed by atoms with Crippen molar-refractivity contribution >= 4 is 22.5 Å². The van der Waals surface area contributed by atoms with Crippen LogP contribution in [0.5, 0.6) is 0 Å². The molecule has 0 amide bonds. The normalized spacial score (nSPS) is 11.5. The van der Waals surface area contributed by atoms with E-state index in [9.17, 15) is 0 Å². The minimum atomic E-state index is 0.651. The second-order valence-electron chi connectivity index (χ2n) is 5.20. The number of nitrogen functional groups attached to an aromatic ring is 1. The fraction of sp³-hybridized carbons (Fsp3) is 0.125. The molecule has 5 nitrogen and oxygen atoms in total. The van der Waals surface area contributed by atoms with Gasteiger partial charge in [-0.2, -0.15) is 0 Å². The first-order valence-electron chi connectivity index (χ1n) is 6.81. The molecule has 4 aromatic rings. The molecule has 104 valence electrons. The zero-order valence-corrected chi connectivity index (χ0v) is 11.9.